The van der Waals surface area contributed by atoms with Gasteiger partial charge in [0.2, 0.25) is 0 Å². The highest BCUT2D eigenvalue weighted by Gasteiger charge is 2.24. The summed E-state index contributed by atoms with van der Waals surface area (Å²) >= 11 is 0. The van der Waals surface area contributed by atoms with Gasteiger partial charge in [0.15, 0.2) is 0 Å². The lowest BCUT2D eigenvalue weighted by Gasteiger charge is -2.37. The van der Waals surface area contributed by atoms with Crippen molar-refractivity contribution >= 4 is 11.8 Å². The molecule has 0 radical (unpaired) electrons. The number of halogens is 1. The Hall–Kier alpha value is -2.33. The van der Waals surface area contributed by atoms with Crippen LogP contribution in [0, 0.1) is 17.1 Å². The van der Waals surface area contributed by atoms with Gasteiger partial charge in [0.25, 0.3) is 0 Å². The van der Waals surface area contributed by atoms with Crippen molar-refractivity contribution < 1.29 is 13.9 Å². The number of nitriles is 1. The first-order valence-electron chi connectivity index (χ1n) is 8.94. The van der Waals surface area contributed by atoms with E-state index in [1.165, 1.54) is 12.1 Å². The predicted octanol–water partition coefficient (Wildman–Crippen LogP) is 2.78. The van der Waals surface area contributed by atoms with Crippen LogP contribution in [-0.2, 0) is 4.74 Å². The fourth-order valence-electron chi connectivity index (χ4n) is 3.06. The van der Waals surface area contributed by atoms with Crippen molar-refractivity contribution in [3.63, 3.8) is 0 Å². The summed E-state index contributed by atoms with van der Waals surface area (Å²) in [6, 6.07) is 6.57. The maximum Gasteiger partial charge on any atom is 0.407 e. The molecule has 2 rings (SSSR count). The average Bonchev–Trinajstić information content (AvgIpc) is 2.58. The smallest absolute Gasteiger partial charge is 0.407 e. The summed E-state index contributed by atoms with van der Waals surface area (Å²) in [5, 5.41) is 15.5. The van der Waals surface area contributed by atoms with Crippen LogP contribution >= 0.6 is 0 Å². The van der Waals surface area contributed by atoms with Crippen LogP contribution in [0.1, 0.15) is 39.2 Å². The van der Waals surface area contributed by atoms with Gasteiger partial charge < -0.3 is 20.3 Å². The highest BCUT2D eigenvalue weighted by molar-refractivity contribution is 5.67. The second kappa shape index (κ2) is 8.86. The first-order valence-corrected chi connectivity index (χ1v) is 8.94. The number of carbonyl (C=O) groups excluding carboxylic acids is 1. The molecule has 0 spiro atoms. The summed E-state index contributed by atoms with van der Waals surface area (Å²) in [7, 11) is 0. The SMILES string of the molecule is CC(C)(C)OC(=O)NCCN(c1ccc(F)cc1C#N)C1CCNCC1. The van der Waals surface area contributed by atoms with Crippen LogP contribution < -0.4 is 15.5 Å². The first-order chi connectivity index (χ1) is 12.3. The number of piperidine rings is 1. The topological polar surface area (TPSA) is 77.4 Å². The van der Waals surface area contributed by atoms with Crippen LogP contribution in [0.25, 0.3) is 0 Å². The Morgan fingerprint density at radius 1 is 1.42 bits per heavy atom. The standard InChI is InChI=1S/C19H27FN4O2/c1-19(2,3)26-18(25)23-10-11-24(16-6-8-22-9-7-16)17-5-4-15(20)12-14(17)13-21/h4-5,12,16,22H,6-11H2,1-3H3,(H,23,25). The van der Waals surface area contributed by atoms with E-state index in [1.807, 2.05) is 20.8 Å². The third kappa shape index (κ3) is 5.88. The molecule has 0 aromatic heterocycles. The fourth-order valence-corrected chi connectivity index (χ4v) is 3.06. The third-order valence-electron chi connectivity index (χ3n) is 4.16. The van der Waals surface area contributed by atoms with E-state index in [9.17, 15) is 14.4 Å². The van der Waals surface area contributed by atoms with Crippen molar-refractivity contribution in [2.24, 2.45) is 0 Å². The second-order valence-corrected chi connectivity index (χ2v) is 7.38. The zero-order valence-electron chi connectivity index (χ0n) is 15.6. The molecule has 2 N–H and O–H groups in total. The lowest BCUT2D eigenvalue weighted by Crippen LogP contribution is -2.47. The molecule has 7 heteroatoms. The summed E-state index contributed by atoms with van der Waals surface area (Å²) in [5.41, 5.74) is 0.455. The summed E-state index contributed by atoms with van der Waals surface area (Å²) in [5.74, 6) is -0.428. The molecule has 1 heterocycles. The Bertz CT molecular complexity index is 660. The van der Waals surface area contributed by atoms with Crippen LogP contribution in [0.15, 0.2) is 18.2 Å². The van der Waals surface area contributed by atoms with Gasteiger partial charge in [-0.3, -0.25) is 0 Å². The minimum atomic E-state index is -0.552. The Morgan fingerprint density at radius 3 is 2.73 bits per heavy atom. The van der Waals surface area contributed by atoms with E-state index in [1.54, 1.807) is 6.07 Å². The minimum absolute atomic E-state index is 0.231. The number of nitrogens with zero attached hydrogens (tertiary/aromatic N) is 2. The minimum Gasteiger partial charge on any atom is -0.444 e. The number of anilines is 1. The van der Waals surface area contributed by atoms with Crippen LogP contribution in [0.4, 0.5) is 14.9 Å². The van der Waals surface area contributed by atoms with Crippen molar-refractivity contribution in [3.8, 4) is 6.07 Å². The van der Waals surface area contributed by atoms with Crippen LogP contribution in [0.3, 0.4) is 0 Å². The molecule has 26 heavy (non-hydrogen) atoms. The van der Waals surface area contributed by atoms with Crippen molar-refractivity contribution in [3.05, 3.63) is 29.6 Å². The van der Waals surface area contributed by atoms with E-state index in [0.717, 1.165) is 25.9 Å². The van der Waals surface area contributed by atoms with E-state index in [-0.39, 0.29) is 6.04 Å². The Balaban J connectivity index is 2.10. The lowest BCUT2D eigenvalue weighted by atomic mass is 10.0. The Labute approximate surface area is 154 Å². The Morgan fingerprint density at radius 2 is 2.12 bits per heavy atom. The van der Waals surface area contributed by atoms with Gasteiger partial charge in [0.05, 0.1) is 11.3 Å². The highest BCUT2D eigenvalue weighted by atomic mass is 19.1. The molecule has 1 aliphatic heterocycles. The fraction of sp³-hybridized carbons (Fsp3) is 0.579. The lowest BCUT2D eigenvalue weighted by molar-refractivity contribution is 0.0529. The second-order valence-electron chi connectivity index (χ2n) is 7.38. The van der Waals surface area contributed by atoms with Gasteiger partial charge in [0, 0.05) is 19.1 Å². The van der Waals surface area contributed by atoms with Gasteiger partial charge in [-0.15, -0.1) is 0 Å². The maximum absolute atomic E-state index is 13.5. The number of carbonyl (C=O) groups is 1. The van der Waals surface area contributed by atoms with Gasteiger partial charge >= 0.3 is 6.09 Å². The number of ether oxygens (including phenoxy) is 1. The first kappa shape index (κ1) is 20.0. The molecule has 0 aliphatic carbocycles. The zero-order chi connectivity index (χ0) is 19.2. The monoisotopic (exact) mass is 362 g/mol. The largest absolute Gasteiger partial charge is 0.444 e. The van der Waals surface area contributed by atoms with Crippen molar-refractivity contribution in [1.29, 1.82) is 5.26 Å². The molecule has 1 fully saturated rings. The van der Waals surface area contributed by atoms with Gasteiger partial charge in [0.1, 0.15) is 17.5 Å². The third-order valence-corrected chi connectivity index (χ3v) is 4.16. The number of alkyl carbamates (subject to hydrolysis) is 1. The number of hydrogen-bond acceptors (Lipinski definition) is 5. The summed E-state index contributed by atoms with van der Waals surface area (Å²) < 4.78 is 18.8. The number of benzene rings is 1. The van der Waals surface area contributed by atoms with Crippen molar-refractivity contribution in [1.82, 2.24) is 10.6 Å². The van der Waals surface area contributed by atoms with Crippen LogP contribution in [-0.4, -0.2) is 43.9 Å². The van der Waals surface area contributed by atoms with Crippen LogP contribution in [0.5, 0.6) is 0 Å². The predicted molar refractivity (Wildman–Crippen MR) is 98.6 cm³/mol. The highest BCUT2D eigenvalue weighted by Crippen LogP contribution is 2.26. The molecular formula is C19H27FN4O2. The number of nitrogens with one attached hydrogen (secondary N) is 2. The number of hydrogen-bond donors (Lipinski definition) is 2. The Kier molecular flexibility index (Phi) is 6.81. The molecule has 1 saturated heterocycles. The molecular weight excluding hydrogens is 335 g/mol. The molecule has 0 unspecified atom stereocenters. The normalized spacial score (nSPS) is 15.2. The van der Waals surface area contributed by atoms with Gasteiger partial charge in [-0.05, 0) is 64.9 Å². The average molecular weight is 362 g/mol. The molecule has 1 aromatic rings. The van der Waals surface area contributed by atoms with Gasteiger partial charge in [-0.1, -0.05) is 0 Å². The van der Waals surface area contributed by atoms with E-state index in [4.69, 9.17) is 4.74 Å². The molecule has 0 atom stereocenters. The van der Waals surface area contributed by atoms with Crippen LogP contribution in [0.2, 0.25) is 0 Å². The summed E-state index contributed by atoms with van der Waals surface area (Å²) in [4.78, 5) is 14.0. The van der Waals surface area contributed by atoms with Crippen molar-refractivity contribution in [2.75, 3.05) is 31.1 Å². The molecule has 1 amide bonds. The van der Waals surface area contributed by atoms with E-state index in [2.05, 4.69) is 21.6 Å². The molecule has 1 aliphatic rings. The quantitative estimate of drug-likeness (QED) is 0.842. The number of amides is 1. The van der Waals surface area contributed by atoms with Gasteiger partial charge in [-0.2, -0.15) is 5.26 Å². The molecule has 142 valence electrons. The van der Waals surface area contributed by atoms with Gasteiger partial charge in [-0.25, -0.2) is 9.18 Å². The van der Waals surface area contributed by atoms with E-state index in [0.29, 0.717) is 24.3 Å². The molecule has 6 nitrogen and oxygen atoms in total. The summed E-state index contributed by atoms with van der Waals surface area (Å²) in [6.07, 6.45) is 1.38. The molecule has 0 bridgehead atoms. The molecule has 0 saturated carbocycles. The number of rotatable bonds is 5. The summed E-state index contributed by atoms with van der Waals surface area (Å²) in [6.45, 7) is 8.11. The maximum atomic E-state index is 13.5. The van der Waals surface area contributed by atoms with Crippen molar-refractivity contribution in [2.45, 2.75) is 45.3 Å². The van der Waals surface area contributed by atoms with E-state index >= 15 is 0 Å². The molecule has 1 aromatic carbocycles. The van der Waals surface area contributed by atoms with E-state index < -0.39 is 17.5 Å². The zero-order valence-corrected chi connectivity index (χ0v) is 15.6.